The van der Waals surface area contributed by atoms with E-state index in [2.05, 4.69) is 23.4 Å². The van der Waals surface area contributed by atoms with E-state index in [0.717, 1.165) is 53.9 Å². The third-order valence-corrected chi connectivity index (χ3v) is 11.0. The Morgan fingerprint density at radius 2 is 1.98 bits per heavy atom. The maximum atomic E-state index is 13.2. The minimum absolute atomic E-state index is 0.00720. The summed E-state index contributed by atoms with van der Waals surface area (Å²) in [5, 5.41) is 2.75. The van der Waals surface area contributed by atoms with Crippen LogP contribution in [0.25, 0.3) is 0 Å². The van der Waals surface area contributed by atoms with Gasteiger partial charge >= 0.3 is 6.09 Å². The third kappa shape index (κ3) is 6.05. The van der Waals surface area contributed by atoms with Crippen LogP contribution >= 0.6 is 0 Å². The Hall–Kier alpha value is -4.36. The van der Waals surface area contributed by atoms with Gasteiger partial charge in [-0.15, -0.1) is 0 Å². The molecule has 2 aromatic carbocycles. The van der Waals surface area contributed by atoms with Gasteiger partial charge in [-0.05, 0) is 55.2 Å². The van der Waals surface area contributed by atoms with Crippen molar-refractivity contribution < 1.29 is 33.1 Å². The zero-order valence-electron chi connectivity index (χ0n) is 28.1. The number of benzene rings is 2. The summed E-state index contributed by atoms with van der Waals surface area (Å²) >= 11 is 0. The molecule has 1 unspecified atom stereocenters. The summed E-state index contributed by atoms with van der Waals surface area (Å²) in [5.41, 5.74) is 19.9. The zero-order chi connectivity index (χ0) is 34.2. The van der Waals surface area contributed by atoms with Gasteiger partial charge in [0.2, 0.25) is 5.91 Å². The van der Waals surface area contributed by atoms with Crippen LogP contribution in [0.1, 0.15) is 48.8 Å². The molecule has 48 heavy (non-hydrogen) atoms. The predicted molar refractivity (Wildman–Crippen MR) is 180 cm³/mol. The lowest BCUT2D eigenvalue weighted by Crippen LogP contribution is -2.71. The molecule has 2 fully saturated rings. The number of hydrogen-bond donors (Lipinski definition) is 4. The van der Waals surface area contributed by atoms with Crippen molar-refractivity contribution in [1.82, 2.24) is 10.2 Å². The second-order valence-corrected chi connectivity index (χ2v) is 13.9. The molecule has 2 aromatic rings. The Bertz CT molecular complexity index is 1590. The first-order chi connectivity index (χ1) is 23.0. The number of amides is 2. The fraction of sp³-hybridized carbons (Fsp3) is 0.543. The minimum atomic E-state index is -0.683. The normalized spacial score (nSPS) is 26.8. The molecule has 13 heteroatoms. The number of carbonyl (C=O) groups excluding carboxylic acids is 3. The van der Waals surface area contributed by atoms with Crippen molar-refractivity contribution in [3.63, 3.8) is 0 Å². The maximum Gasteiger partial charge on any atom is 0.415 e. The number of ether oxygens (including phenoxy) is 3. The van der Waals surface area contributed by atoms with Gasteiger partial charge in [-0.25, -0.2) is 4.79 Å². The van der Waals surface area contributed by atoms with Crippen LogP contribution in [0.3, 0.4) is 0 Å². The Balaban J connectivity index is 1.04. The Labute approximate surface area is 281 Å². The second kappa shape index (κ2) is 13.3. The van der Waals surface area contributed by atoms with Gasteiger partial charge in [0.25, 0.3) is 0 Å². The summed E-state index contributed by atoms with van der Waals surface area (Å²) < 4.78 is 18.6. The fourth-order valence-electron chi connectivity index (χ4n) is 8.62. The number of carbonyl (C=O) groups is 3. The maximum absolute atomic E-state index is 13.2. The Morgan fingerprint density at radius 1 is 1.21 bits per heavy atom. The molecule has 1 spiro atoms. The van der Waals surface area contributed by atoms with Crippen LogP contribution in [0.5, 0.6) is 17.2 Å². The van der Waals surface area contributed by atoms with Crippen molar-refractivity contribution >= 4 is 23.7 Å². The summed E-state index contributed by atoms with van der Waals surface area (Å²) in [5.74, 6) is 2.23. The van der Waals surface area contributed by atoms with Crippen molar-refractivity contribution in [2.75, 3.05) is 47.4 Å². The molecule has 0 aromatic heterocycles. The highest BCUT2D eigenvalue weighted by molar-refractivity contribution is 5.89. The zero-order valence-corrected chi connectivity index (χ0v) is 28.1. The molecule has 2 heterocycles. The second-order valence-electron chi connectivity index (χ2n) is 13.9. The Morgan fingerprint density at radius 3 is 2.71 bits per heavy atom. The number of nitrogens with two attached hydrogens (primary N) is 3. The van der Waals surface area contributed by atoms with E-state index >= 15 is 0 Å². The number of guanidine groups is 1. The molecule has 1 saturated carbocycles. The molecule has 0 radical (unpaired) electrons. The third-order valence-electron chi connectivity index (χ3n) is 11.0. The summed E-state index contributed by atoms with van der Waals surface area (Å²) in [6.45, 7) is 2.68. The van der Waals surface area contributed by atoms with Gasteiger partial charge in [0.05, 0.1) is 38.2 Å². The van der Waals surface area contributed by atoms with Gasteiger partial charge in [-0.1, -0.05) is 6.07 Å². The van der Waals surface area contributed by atoms with Gasteiger partial charge in [0, 0.05) is 63.0 Å². The molecule has 2 aliphatic heterocycles. The number of likely N-dealkylation sites (tertiary alicyclic amines) is 1. The average molecular weight is 663 g/mol. The number of ketones is 1. The lowest BCUT2D eigenvalue weighted by atomic mass is 9.51. The van der Waals surface area contributed by atoms with E-state index in [-0.39, 0.29) is 36.2 Å². The largest absolute Gasteiger partial charge is 0.493 e. The van der Waals surface area contributed by atoms with Crippen molar-refractivity contribution in [2.24, 2.45) is 28.1 Å². The number of likely N-dealkylation sites (N-methyl/N-ethyl adjacent to an activating group) is 2. The molecule has 1 saturated heterocycles. The van der Waals surface area contributed by atoms with E-state index in [1.807, 2.05) is 30.3 Å². The number of quaternary nitrogens is 1. The molecule has 4 aliphatic rings. The van der Waals surface area contributed by atoms with Gasteiger partial charge in [0.1, 0.15) is 12.3 Å². The number of Topliss-reactive ketones (excluding diaryl/α,β-unsaturated/α-hetero) is 1. The lowest BCUT2D eigenvalue weighted by Gasteiger charge is -2.60. The highest BCUT2D eigenvalue weighted by Crippen LogP contribution is 2.64. The molecular weight excluding hydrogens is 614 g/mol. The van der Waals surface area contributed by atoms with Crippen molar-refractivity contribution in [2.45, 2.75) is 68.7 Å². The average Bonchev–Trinajstić information content (AvgIpc) is 3.42. The number of nitrogens with one attached hydrogen (secondary N) is 1. The van der Waals surface area contributed by atoms with Gasteiger partial charge in [-0.3, -0.25) is 14.6 Å². The predicted octanol–water partition coefficient (Wildman–Crippen LogP) is 1.58. The SMILES string of the molecule is COc1ccc2c3c1O[C@H]1C(=O)CC[C@H]4[C@@H](C2)[N+](C)(Cc2ccc(OC(=O)N(C)CCNC(=O)[C@H](N)CCCN=C(N)N)cc2)CC[C@]314. The van der Waals surface area contributed by atoms with Gasteiger partial charge < -0.3 is 46.1 Å². The first kappa shape index (κ1) is 33.5. The van der Waals surface area contributed by atoms with Crippen LogP contribution in [0, 0.1) is 5.92 Å². The number of hydrogen-bond acceptors (Lipinski definition) is 8. The Kier molecular flexibility index (Phi) is 9.27. The number of piperidine rings is 1. The molecule has 7 N–H and O–H groups in total. The van der Waals surface area contributed by atoms with Crippen LogP contribution < -0.4 is 36.7 Å². The molecule has 13 nitrogen and oxygen atoms in total. The number of rotatable bonds is 12. The molecule has 2 amide bonds. The van der Waals surface area contributed by atoms with Crippen molar-refractivity contribution in [3.05, 3.63) is 53.1 Å². The van der Waals surface area contributed by atoms with E-state index in [4.69, 9.17) is 31.4 Å². The first-order valence-electron chi connectivity index (χ1n) is 16.8. The molecule has 2 aliphatic carbocycles. The van der Waals surface area contributed by atoms with Gasteiger partial charge in [0.15, 0.2) is 29.3 Å². The van der Waals surface area contributed by atoms with Crippen LogP contribution in [-0.4, -0.2) is 98.7 Å². The lowest BCUT2D eigenvalue weighted by molar-refractivity contribution is -0.957. The molecule has 6 atom stereocenters. The molecule has 6 rings (SSSR count). The van der Waals surface area contributed by atoms with Crippen LogP contribution in [0.15, 0.2) is 41.4 Å². The minimum Gasteiger partial charge on any atom is -0.493 e. The van der Waals surface area contributed by atoms with E-state index in [0.29, 0.717) is 43.5 Å². The van der Waals surface area contributed by atoms with E-state index < -0.39 is 18.2 Å². The smallest absolute Gasteiger partial charge is 0.415 e. The summed E-state index contributed by atoms with van der Waals surface area (Å²) in [6, 6.07) is 11.5. The van der Waals surface area contributed by atoms with Gasteiger partial charge in [-0.2, -0.15) is 0 Å². The van der Waals surface area contributed by atoms with E-state index in [1.165, 1.54) is 16.0 Å². The summed E-state index contributed by atoms with van der Waals surface area (Å²) in [4.78, 5) is 43.5. The molecular formula is C35H48N7O6+. The highest BCUT2D eigenvalue weighted by atomic mass is 16.6. The van der Waals surface area contributed by atoms with Crippen molar-refractivity contribution in [3.8, 4) is 17.2 Å². The number of aliphatic imine (C=N–C) groups is 1. The monoisotopic (exact) mass is 662 g/mol. The van der Waals surface area contributed by atoms with Crippen LogP contribution in [0.4, 0.5) is 4.79 Å². The highest BCUT2D eigenvalue weighted by Gasteiger charge is 2.69. The molecule has 258 valence electrons. The van der Waals surface area contributed by atoms with Crippen LogP contribution in [0.2, 0.25) is 0 Å². The standard InChI is InChI=1S/C35H47N7O6/c1-41(17-16-39-32(44)25(36)5-4-15-40-33(37)38)34(45)47-23-9-6-21(7-10-23)20-42(2)18-14-35-24-11-12-27(43)31(35)48-30-28(46-3)13-8-22(29(30)35)19-26(24)42/h6-10,13,24-26,31H,4-5,11-12,14-20,36H2,1-3H3,(H4-,37,38,39,40,44)/p+1/t24-,25+,26+,31-,35-,42?/m0/s1. The topological polar surface area (TPSA) is 185 Å². The number of methoxy groups -OCH3 is 1. The van der Waals surface area contributed by atoms with Crippen molar-refractivity contribution in [1.29, 1.82) is 0 Å². The van der Waals surface area contributed by atoms with E-state index in [9.17, 15) is 14.4 Å². The summed E-state index contributed by atoms with van der Waals surface area (Å²) in [7, 11) is 5.62. The van der Waals surface area contributed by atoms with Crippen LogP contribution in [-0.2, 0) is 28.0 Å². The van der Waals surface area contributed by atoms with E-state index in [1.54, 1.807) is 14.2 Å². The summed E-state index contributed by atoms with van der Waals surface area (Å²) in [6.07, 6.45) is 3.35. The first-order valence-corrected chi connectivity index (χ1v) is 16.8. The number of nitrogens with zero attached hydrogens (tertiary/aromatic N) is 3. The quantitative estimate of drug-likeness (QED) is 0.113. The molecule has 2 bridgehead atoms. The fourth-order valence-corrected chi connectivity index (χ4v) is 8.62.